The topological polar surface area (TPSA) is 105 Å². The smallest absolute Gasteiger partial charge is 0.229 e. The quantitative estimate of drug-likeness (QED) is 0.676. The average molecular weight is 405 g/mol. The molecule has 0 bridgehead atoms. The summed E-state index contributed by atoms with van der Waals surface area (Å²) < 4.78 is 1.79. The molecule has 9 nitrogen and oxygen atoms in total. The summed E-state index contributed by atoms with van der Waals surface area (Å²) in [4.78, 5) is 30.0. The van der Waals surface area contributed by atoms with Crippen molar-refractivity contribution in [3.8, 4) is 5.82 Å². The Morgan fingerprint density at radius 3 is 2.33 bits per heavy atom. The number of anilines is 3. The Bertz CT molecular complexity index is 1000. The van der Waals surface area contributed by atoms with Crippen molar-refractivity contribution in [2.45, 2.75) is 19.8 Å². The molecule has 30 heavy (non-hydrogen) atoms. The van der Waals surface area contributed by atoms with E-state index in [0.29, 0.717) is 23.7 Å². The lowest BCUT2D eigenvalue weighted by Crippen LogP contribution is -2.41. The van der Waals surface area contributed by atoms with E-state index in [1.54, 1.807) is 41.4 Å². The van der Waals surface area contributed by atoms with E-state index >= 15 is 0 Å². The minimum Gasteiger partial charge on any atom is -0.354 e. The second kappa shape index (κ2) is 8.73. The Kier molecular flexibility index (Phi) is 5.69. The maximum atomic E-state index is 12.8. The van der Waals surface area contributed by atoms with Gasteiger partial charge >= 0.3 is 0 Å². The lowest BCUT2D eigenvalue weighted by Gasteiger charge is -2.32. The first kappa shape index (κ1) is 19.6. The third-order valence-electron chi connectivity index (χ3n) is 4.99. The number of imidazole rings is 1. The summed E-state index contributed by atoms with van der Waals surface area (Å²) in [6.45, 7) is 2.89. The molecule has 1 unspecified atom stereocenters. The van der Waals surface area contributed by atoms with Gasteiger partial charge in [0.05, 0.1) is 5.92 Å². The largest absolute Gasteiger partial charge is 0.354 e. The normalized spacial score (nSPS) is 16.2. The van der Waals surface area contributed by atoms with Crippen LogP contribution in [-0.2, 0) is 9.59 Å². The predicted octanol–water partition coefficient (Wildman–Crippen LogP) is 2.48. The standard InChI is InChI=1S/C21H23N7O2/c1-15(29)23-17-4-6-18(7-5-17)24-21(30)16-3-2-11-27(13-16)19-8-9-20(26-25-19)28-12-10-22-14-28/h4-10,12,14,16H,2-3,11,13H2,1H3,(H,23,29)(H,24,30). The summed E-state index contributed by atoms with van der Waals surface area (Å²) in [7, 11) is 0. The molecule has 3 heterocycles. The van der Waals surface area contributed by atoms with Gasteiger partial charge in [0.15, 0.2) is 11.6 Å². The van der Waals surface area contributed by atoms with Crippen LogP contribution in [0.1, 0.15) is 19.8 Å². The zero-order valence-corrected chi connectivity index (χ0v) is 16.7. The van der Waals surface area contributed by atoms with Gasteiger partial charge in [-0.2, -0.15) is 0 Å². The van der Waals surface area contributed by atoms with Crippen LogP contribution in [0.4, 0.5) is 17.2 Å². The summed E-state index contributed by atoms with van der Waals surface area (Å²) >= 11 is 0. The van der Waals surface area contributed by atoms with Crippen molar-refractivity contribution in [2.24, 2.45) is 5.92 Å². The average Bonchev–Trinajstić information content (AvgIpc) is 3.30. The van der Waals surface area contributed by atoms with Gasteiger partial charge in [-0.25, -0.2) is 4.98 Å². The molecule has 154 valence electrons. The molecule has 4 rings (SSSR count). The maximum absolute atomic E-state index is 12.8. The van der Waals surface area contributed by atoms with Gasteiger partial charge < -0.3 is 15.5 Å². The van der Waals surface area contributed by atoms with Crippen molar-refractivity contribution in [1.82, 2.24) is 19.7 Å². The van der Waals surface area contributed by atoms with Gasteiger partial charge in [-0.15, -0.1) is 10.2 Å². The van der Waals surface area contributed by atoms with Crippen LogP contribution in [0.3, 0.4) is 0 Å². The molecule has 0 aliphatic carbocycles. The van der Waals surface area contributed by atoms with E-state index in [-0.39, 0.29) is 17.7 Å². The third kappa shape index (κ3) is 4.62. The monoisotopic (exact) mass is 405 g/mol. The van der Waals surface area contributed by atoms with Crippen LogP contribution in [0, 0.1) is 5.92 Å². The number of carbonyl (C=O) groups is 2. The Balaban J connectivity index is 1.37. The number of hydrogen-bond acceptors (Lipinski definition) is 6. The van der Waals surface area contributed by atoms with E-state index < -0.39 is 0 Å². The first-order valence-electron chi connectivity index (χ1n) is 9.84. The van der Waals surface area contributed by atoms with Crippen molar-refractivity contribution < 1.29 is 9.59 Å². The fourth-order valence-electron chi connectivity index (χ4n) is 3.50. The molecular formula is C21H23N7O2. The van der Waals surface area contributed by atoms with Gasteiger partial charge in [0.25, 0.3) is 0 Å². The zero-order valence-electron chi connectivity index (χ0n) is 16.7. The molecule has 3 aromatic rings. The molecule has 1 saturated heterocycles. The number of aromatic nitrogens is 4. The van der Waals surface area contributed by atoms with Gasteiger partial charge in [-0.1, -0.05) is 0 Å². The third-order valence-corrected chi connectivity index (χ3v) is 4.99. The van der Waals surface area contributed by atoms with Crippen LogP contribution in [-0.4, -0.2) is 44.7 Å². The van der Waals surface area contributed by atoms with Crippen LogP contribution >= 0.6 is 0 Å². The highest BCUT2D eigenvalue weighted by atomic mass is 16.2. The van der Waals surface area contributed by atoms with Crippen LogP contribution < -0.4 is 15.5 Å². The van der Waals surface area contributed by atoms with Crippen molar-refractivity contribution >= 4 is 29.0 Å². The molecule has 2 aromatic heterocycles. The molecular weight excluding hydrogens is 382 g/mol. The van der Waals surface area contributed by atoms with E-state index in [1.807, 2.05) is 18.3 Å². The minimum atomic E-state index is -0.135. The number of amides is 2. The van der Waals surface area contributed by atoms with Crippen LogP contribution in [0.5, 0.6) is 0 Å². The Hall–Kier alpha value is -3.75. The van der Waals surface area contributed by atoms with E-state index in [2.05, 4.69) is 30.7 Å². The van der Waals surface area contributed by atoms with Gasteiger partial charge in [-0.3, -0.25) is 14.2 Å². The number of hydrogen-bond donors (Lipinski definition) is 2. The van der Waals surface area contributed by atoms with Crippen LogP contribution in [0.2, 0.25) is 0 Å². The predicted molar refractivity (Wildman–Crippen MR) is 113 cm³/mol. The van der Waals surface area contributed by atoms with Gasteiger partial charge in [0, 0.05) is 43.8 Å². The SMILES string of the molecule is CC(=O)Nc1ccc(NC(=O)C2CCCN(c3ccc(-n4ccnc4)nn3)C2)cc1. The van der Waals surface area contributed by atoms with Crippen molar-refractivity contribution in [1.29, 1.82) is 0 Å². The van der Waals surface area contributed by atoms with Gasteiger partial charge in [-0.05, 0) is 49.2 Å². The molecule has 1 fully saturated rings. The second-order valence-corrected chi connectivity index (χ2v) is 7.25. The van der Waals surface area contributed by atoms with Crippen LogP contribution in [0.15, 0.2) is 55.1 Å². The number of piperidine rings is 1. The molecule has 1 aromatic carbocycles. The molecule has 0 radical (unpaired) electrons. The Morgan fingerprint density at radius 2 is 1.70 bits per heavy atom. The molecule has 1 atom stereocenters. The van der Waals surface area contributed by atoms with E-state index in [0.717, 1.165) is 25.2 Å². The zero-order chi connectivity index (χ0) is 20.9. The summed E-state index contributed by atoms with van der Waals surface area (Å²) in [6, 6.07) is 10.9. The minimum absolute atomic E-state index is 0.0185. The lowest BCUT2D eigenvalue weighted by molar-refractivity contribution is -0.120. The first-order valence-corrected chi connectivity index (χ1v) is 9.84. The summed E-state index contributed by atoms with van der Waals surface area (Å²) in [5.41, 5.74) is 1.40. The molecule has 0 spiro atoms. The number of rotatable bonds is 5. The number of benzene rings is 1. The number of nitrogens with one attached hydrogen (secondary N) is 2. The fourth-order valence-corrected chi connectivity index (χ4v) is 3.50. The van der Waals surface area contributed by atoms with E-state index in [9.17, 15) is 9.59 Å². The van der Waals surface area contributed by atoms with Crippen molar-refractivity contribution in [3.63, 3.8) is 0 Å². The van der Waals surface area contributed by atoms with Gasteiger partial charge in [0.1, 0.15) is 6.33 Å². The van der Waals surface area contributed by atoms with E-state index in [1.165, 1.54) is 6.92 Å². The number of nitrogens with zero attached hydrogens (tertiary/aromatic N) is 5. The Morgan fingerprint density at radius 1 is 1.00 bits per heavy atom. The highest BCUT2D eigenvalue weighted by Gasteiger charge is 2.27. The molecule has 9 heteroatoms. The maximum Gasteiger partial charge on any atom is 0.229 e. The summed E-state index contributed by atoms with van der Waals surface area (Å²) in [5.74, 6) is 1.18. The molecule has 2 N–H and O–H groups in total. The van der Waals surface area contributed by atoms with Crippen LogP contribution in [0.25, 0.3) is 5.82 Å². The van der Waals surface area contributed by atoms with Crippen molar-refractivity contribution in [2.75, 3.05) is 28.6 Å². The van der Waals surface area contributed by atoms with Crippen molar-refractivity contribution in [3.05, 3.63) is 55.1 Å². The highest BCUT2D eigenvalue weighted by Crippen LogP contribution is 2.23. The molecule has 2 amide bonds. The highest BCUT2D eigenvalue weighted by molar-refractivity contribution is 5.94. The fraction of sp³-hybridized carbons (Fsp3) is 0.286. The summed E-state index contributed by atoms with van der Waals surface area (Å²) in [5, 5.41) is 14.3. The van der Waals surface area contributed by atoms with E-state index in [4.69, 9.17) is 0 Å². The lowest BCUT2D eigenvalue weighted by atomic mass is 9.97. The summed E-state index contributed by atoms with van der Waals surface area (Å²) in [6.07, 6.45) is 6.91. The Labute approximate surface area is 174 Å². The van der Waals surface area contributed by atoms with Gasteiger partial charge in [0.2, 0.25) is 11.8 Å². The molecule has 1 aliphatic heterocycles. The molecule has 0 saturated carbocycles. The first-order chi connectivity index (χ1) is 14.6. The molecule has 1 aliphatic rings. The number of carbonyl (C=O) groups excluding carboxylic acids is 2. The second-order valence-electron chi connectivity index (χ2n) is 7.25.